The van der Waals surface area contributed by atoms with E-state index < -0.39 is 46.9 Å². The zero-order valence-corrected chi connectivity index (χ0v) is 74.3. The van der Waals surface area contributed by atoms with Crippen LogP contribution in [-0.2, 0) is 63.4 Å². The van der Waals surface area contributed by atoms with Gasteiger partial charge in [0.15, 0.2) is 24.0 Å². The molecule has 20 nitrogen and oxygen atoms in total. The van der Waals surface area contributed by atoms with Crippen LogP contribution in [-0.4, -0.2) is 194 Å². The summed E-state index contributed by atoms with van der Waals surface area (Å²) in [7, 11) is -5.18. The van der Waals surface area contributed by atoms with Crippen molar-refractivity contribution in [2.45, 2.75) is 253 Å². The Labute approximate surface area is 654 Å². The van der Waals surface area contributed by atoms with Gasteiger partial charge in [-0.1, -0.05) is 176 Å². The molecule has 3 saturated heterocycles. The monoisotopic (exact) mass is 1610 g/mol. The molecule has 0 bridgehead atoms. The van der Waals surface area contributed by atoms with Crippen LogP contribution in [0.1, 0.15) is 160 Å². The number of hydrogen-bond donors (Lipinski definition) is 4. The van der Waals surface area contributed by atoms with E-state index in [1.54, 1.807) is 4.90 Å². The molecule has 0 aliphatic carbocycles. The Kier molecular flexibility index (Phi) is 38.5. The molecule has 4 aromatic carbocycles. The molecule has 106 heavy (non-hydrogen) atoms. The number of nitrogens with zero attached hydrogens (tertiary/aromatic N) is 4. The highest BCUT2D eigenvalue weighted by molar-refractivity contribution is 9.10. The van der Waals surface area contributed by atoms with E-state index in [1.807, 2.05) is 145 Å². The van der Waals surface area contributed by atoms with Gasteiger partial charge in [0, 0.05) is 82.0 Å². The van der Waals surface area contributed by atoms with Gasteiger partial charge in [0.05, 0.1) is 37.9 Å². The second-order valence-electron chi connectivity index (χ2n) is 34.9. The second-order valence-corrected chi connectivity index (χ2v) is 52.7. The molecule has 7 rings (SSSR count). The summed E-state index contributed by atoms with van der Waals surface area (Å²) >= 11 is 9.55. The van der Waals surface area contributed by atoms with Crippen molar-refractivity contribution in [1.82, 2.24) is 30.7 Å². The normalized spacial score (nSPS) is 16.9. The number of hydrogen-bond acceptors (Lipinski definition) is 16. The van der Waals surface area contributed by atoms with Crippen molar-refractivity contribution in [3.05, 3.63) is 136 Å². The van der Waals surface area contributed by atoms with Crippen LogP contribution in [0.15, 0.2) is 114 Å². The first-order valence-electron chi connectivity index (χ1n) is 37.6. The fraction of sp³-hybridized carbons (Fsp3) is 0.642. The van der Waals surface area contributed by atoms with Crippen LogP contribution >= 0.6 is 27.0 Å². The van der Waals surface area contributed by atoms with Crippen LogP contribution in [0, 0.1) is 0 Å². The number of esters is 1. The molecule has 0 aromatic heterocycles. The molecular formula is C81H135BrClN7O13Si3. The van der Waals surface area contributed by atoms with Gasteiger partial charge < -0.3 is 68.3 Å². The third kappa shape index (κ3) is 36.8. The molecule has 4 amide bonds. The number of carbonyl (C=O) groups is 5. The minimum Gasteiger partial charge on any atom is -0.461 e. The van der Waals surface area contributed by atoms with Crippen LogP contribution < -0.4 is 20.9 Å². The molecule has 3 aliphatic rings. The molecule has 0 radical (unpaired) electrons. The summed E-state index contributed by atoms with van der Waals surface area (Å²) in [4.78, 5) is 68.4. The van der Waals surface area contributed by atoms with E-state index in [-0.39, 0.29) is 65.7 Å². The molecule has 3 aliphatic heterocycles. The first-order valence-corrected chi connectivity index (χ1v) is 48.2. The molecule has 3 atom stereocenters. The summed E-state index contributed by atoms with van der Waals surface area (Å²) in [5, 5.41) is 19.0. The van der Waals surface area contributed by atoms with Gasteiger partial charge in [0.1, 0.15) is 30.0 Å². The fourth-order valence-electron chi connectivity index (χ4n) is 9.65. The van der Waals surface area contributed by atoms with Gasteiger partial charge in [-0.05, 0) is 169 Å². The maximum absolute atomic E-state index is 13.1. The third-order valence-electron chi connectivity index (χ3n) is 19.1. The van der Waals surface area contributed by atoms with Gasteiger partial charge in [0.25, 0.3) is 0 Å². The van der Waals surface area contributed by atoms with Crippen LogP contribution in [0.25, 0.3) is 0 Å². The number of ether oxygens (including phenoxy) is 5. The number of aryl methyl sites for hydroxylation is 1. The van der Waals surface area contributed by atoms with E-state index in [0.29, 0.717) is 83.5 Å². The van der Waals surface area contributed by atoms with E-state index in [4.69, 9.17) is 48.7 Å². The number of anilines is 1. The van der Waals surface area contributed by atoms with E-state index in [1.165, 1.54) is 5.56 Å². The Balaban J connectivity index is 0.000000379. The summed E-state index contributed by atoms with van der Waals surface area (Å²) in [5.74, 6) is -0.133. The Bertz CT molecular complexity index is 3230. The number of amides is 4. The number of rotatable bonds is 19. The van der Waals surface area contributed by atoms with Crippen molar-refractivity contribution in [2.24, 2.45) is 0 Å². The highest BCUT2D eigenvalue weighted by Gasteiger charge is 2.42. The van der Waals surface area contributed by atoms with Crippen LogP contribution in [0.5, 0.6) is 0 Å². The van der Waals surface area contributed by atoms with Crippen LogP contribution in [0.4, 0.5) is 24.9 Å². The zero-order chi connectivity index (χ0) is 80.1. The van der Waals surface area contributed by atoms with Gasteiger partial charge in [-0.15, -0.1) is 0 Å². The van der Waals surface area contributed by atoms with Crippen molar-refractivity contribution >= 4 is 87.1 Å². The number of benzene rings is 4. The number of nitrogens with one attached hydrogen (secondary N) is 3. The minimum atomic E-state index is -1.99. The average Bonchev–Trinajstić information content (AvgIpc) is 0.809. The number of carbonyl (C=O) groups excluding carboxylic acids is 5. The lowest BCUT2D eigenvalue weighted by Crippen LogP contribution is -2.59. The lowest BCUT2D eigenvalue weighted by Gasteiger charge is -2.44. The largest absolute Gasteiger partial charge is 0.461 e. The van der Waals surface area contributed by atoms with E-state index in [9.17, 15) is 24.0 Å². The highest BCUT2D eigenvalue weighted by Crippen LogP contribution is 2.40. The summed E-state index contributed by atoms with van der Waals surface area (Å²) < 4.78 is 41.0. The Morgan fingerprint density at radius 2 is 0.906 bits per heavy atom. The van der Waals surface area contributed by atoms with Crippen molar-refractivity contribution in [3.63, 3.8) is 0 Å². The quantitative estimate of drug-likeness (QED) is 0.0297. The lowest BCUT2D eigenvalue weighted by molar-refractivity contribution is -0.145. The molecule has 0 saturated carbocycles. The van der Waals surface area contributed by atoms with Crippen molar-refractivity contribution in [3.8, 4) is 0 Å². The van der Waals surface area contributed by atoms with E-state index in [0.717, 1.165) is 59.3 Å². The zero-order valence-electron chi connectivity index (χ0n) is 69.0. The first kappa shape index (κ1) is 94.7. The summed E-state index contributed by atoms with van der Waals surface area (Å²) in [5.41, 5.74) is 3.95. The van der Waals surface area contributed by atoms with Gasteiger partial charge in [-0.2, -0.15) is 11.1 Å². The average molecular weight is 1610 g/mol. The topological polar surface area (TPSA) is 219 Å². The summed E-state index contributed by atoms with van der Waals surface area (Å²) in [6.45, 7) is 58.4. The number of aliphatic hydroxyl groups excluding tert-OH is 1. The molecule has 25 heteroatoms. The Hall–Kier alpha value is -5.55. The van der Waals surface area contributed by atoms with Gasteiger partial charge in [-0.25, -0.2) is 19.2 Å². The van der Waals surface area contributed by atoms with Crippen molar-refractivity contribution in [1.29, 1.82) is 0 Å². The molecule has 598 valence electrons. The third-order valence-corrected chi connectivity index (χ3v) is 33.9. The molecule has 4 N–H and O–H groups in total. The number of piperazine rings is 3. The van der Waals surface area contributed by atoms with Gasteiger partial charge >= 0.3 is 30.3 Å². The number of halogens is 2. The minimum absolute atomic E-state index is 0.0355. The summed E-state index contributed by atoms with van der Waals surface area (Å²) in [6, 6.07) is 35.7. The molecule has 0 spiro atoms. The van der Waals surface area contributed by atoms with E-state index in [2.05, 4.69) is 175 Å². The smallest absolute Gasteiger partial charge is 0.410 e. The molecule has 3 heterocycles. The van der Waals surface area contributed by atoms with Crippen molar-refractivity contribution < 1.29 is 61.6 Å². The maximum atomic E-state index is 13.1. The summed E-state index contributed by atoms with van der Waals surface area (Å²) in [6.07, 6.45) is 1.59. The molecule has 3 unspecified atom stereocenters. The predicted octanol–water partition coefficient (Wildman–Crippen LogP) is 17.8. The molecular weight excluding hydrogens is 1480 g/mol. The second kappa shape index (κ2) is 43.2. The van der Waals surface area contributed by atoms with Crippen LogP contribution in [0.2, 0.25) is 54.4 Å². The standard InChI is InChI=1S/C32H49N3O5Si.C17H17BrO2.C16H34N2O3Si.C10H20N2O3.C6H15ClSi/c1-31(2,3)40-30(37)35-21-20-34(22-28(35)24-39-41(7,8)32(4,5)6)27-16-14-25(15-17-27)18-19-33-29(36)38-23-26-12-10-9-11-13-26;18-16-11-9-14(10-12-16)7-4-8-17(19)20-13-15-5-2-1-3-6-15;1-15(2,3)21-14(19)18-10-9-17-11-13(18)12-20-22(7,8)16(4,5)6;1-10(2,3)15-9(14)12-5-4-11-6-8(12)7-13;1-6(2,3)8(4,5)7/h9-17,28H,18-24H2,1-8H3,(H,33,36);1-3,5-6,9-12H,4,7-8,13H2;13,17H,9-12H2,1-8H3;8,11,13H,4-7H2,1-3H3;1-5H3. The lowest BCUT2D eigenvalue weighted by atomic mass is 10.1. The Morgan fingerprint density at radius 1 is 0.509 bits per heavy atom. The SMILES string of the molecule is CC(C)(C)OC(=O)N1CCN(c2ccc(CCNC(=O)OCc3ccccc3)cc2)CC1CO[Si](C)(C)C(C)(C)C.CC(C)(C)OC(=O)N1CCNCC1CO.CC(C)(C)OC(=O)N1CCNCC1CO[Si](C)(C)C(C)(C)C.CC(C)(C)[Si](C)(C)Cl.O=C(CCCc1ccc(Br)cc1)OCc1ccccc1. The fourth-order valence-corrected chi connectivity index (χ4v) is 12.0. The van der Waals surface area contributed by atoms with Crippen molar-refractivity contribution in [2.75, 3.05) is 90.2 Å². The van der Waals surface area contributed by atoms with E-state index >= 15 is 0 Å². The van der Waals surface area contributed by atoms with Gasteiger partial charge in [0.2, 0.25) is 0 Å². The van der Waals surface area contributed by atoms with Gasteiger partial charge in [-0.3, -0.25) is 9.69 Å². The number of alkyl carbamates (subject to hydrolysis) is 1. The Morgan fingerprint density at radius 3 is 1.33 bits per heavy atom. The number of aliphatic hydroxyl groups is 1. The molecule has 4 aromatic rings. The van der Waals surface area contributed by atoms with Crippen LogP contribution in [0.3, 0.4) is 0 Å². The molecule has 3 fully saturated rings. The predicted molar refractivity (Wildman–Crippen MR) is 443 cm³/mol. The highest BCUT2D eigenvalue weighted by atomic mass is 79.9. The first-order chi connectivity index (χ1) is 48.9. The maximum Gasteiger partial charge on any atom is 0.410 e.